The summed E-state index contributed by atoms with van der Waals surface area (Å²) in [4.78, 5) is 6.37. The summed E-state index contributed by atoms with van der Waals surface area (Å²) in [5, 5.41) is 7.16. The third kappa shape index (κ3) is 2.26. The number of nitrogens with one attached hydrogen (secondary N) is 1. The molecule has 0 amide bonds. The van der Waals surface area contributed by atoms with Gasteiger partial charge < -0.3 is 4.90 Å². The van der Waals surface area contributed by atoms with Gasteiger partial charge in [0.1, 0.15) is 6.67 Å². The minimum Gasteiger partial charge on any atom is -0.355 e. The van der Waals surface area contributed by atoms with Gasteiger partial charge in [-0.3, -0.25) is 10.1 Å². The summed E-state index contributed by atoms with van der Waals surface area (Å²) in [5.74, 6) is 0. The zero-order valence-corrected chi connectivity index (χ0v) is 11.6. The number of aromatic amines is 1. The molecule has 0 atom stereocenters. The summed E-state index contributed by atoms with van der Waals surface area (Å²) in [6.07, 6.45) is 2.94. The second-order valence-electron chi connectivity index (χ2n) is 5.64. The van der Waals surface area contributed by atoms with Crippen molar-refractivity contribution < 1.29 is 13.2 Å². The monoisotopic (exact) mass is 306 g/mol. The summed E-state index contributed by atoms with van der Waals surface area (Å²) >= 11 is 0. The molecule has 1 aromatic carbocycles. The summed E-state index contributed by atoms with van der Waals surface area (Å²) in [6, 6.07) is 2.73. The molecule has 2 aliphatic rings. The van der Waals surface area contributed by atoms with Crippen molar-refractivity contribution in [2.45, 2.75) is 25.1 Å². The van der Waals surface area contributed by atoms with Crippen LogP contribution in [0.4, 0.5) is 13.2 Å². The molecule has 0 spiro atoms. The molecule has 1 aliphatic heterocycles. The molecule has 7 heteroatoms. The maximum Gasteiger partial charge on any atom is 0.416 e. The van der Waals surface area contributed by atoms with Gasteiger partial charge in [0.2, 0.25) is 0 Å². The van der Waals surface area contributed by atoms with Gasteiger partial charge in [-0.15, -0.1) is 0 Å². The molecule has 2 heterocycles. The van der Waals surface area contributed by atoms with Crippen molar-refractivity contribution in [2.75, 3.05) is 6.67 Å². The van der Waals surface area contributed by atoms with E-state index in [4.69, 9.17) is 0 Å². The SMILES string of the molecule is FC(F)(F)c1cc(C2=CN(C3CC3)CN=C2)c2cn[nH]c2c1. The summed E-state index contributed by atoms with van der Waals surface area (Å²) < 4.78 is 39.3. The molecule has 1 N–H and O–H groups in total. The molecule has 1 aromatic heterocycles. The second kappa shape index (κ2) is 4.59. The lowest BCUT2D eigenvalue weighted by Crippen LogP contribution is -2.23. The zero-order chi connectivity index (χ0) is 15.3. The number of allylic oxidation sites excluding steroid dienone is 1. The Morgan fingerprint density at radius 2 is 2.05 bits per heavy atom. The third-order valence-corrected chi connectivity index (χ3v) is 3.99. The van der Waals surface area contributed by atoms with E-state index in [2.05, 4.69) is 20.1 Å². The third-order valence-electron chi connectivity index (χ3n) is 3.99. The normalized spacial score (nSPS) is 18.9. The minimum absolute atomic E-state index is 0.377. The first-order chi connectivity index (χ1) is 10.5. The molecule has 0 saturated heterocycles. The first-order valence-corrected chi connectivity index (χ1v) is 7.04. The Bertz CT molecular complexity index is 784. The number of rotatable bonds is 2. The Morgan fingerprint density at radius 3 is 2.77 bits per heavy atom. The lowest BCUT2D eigenvalue weighted by Gasteiger charge is -2.22. The Morgan fingerprint density at radius 1 is 1.23 bits per heavy atom. The quantitative estimate of drug-likeness (QED) is 0.924. The van der Waals surface area contributed by atoms with Gasteiger partial charge in [0, 0.05) is 29.4 Å². The summed E-state index contributed by atoms with van der Waals surface area (Å²) in [6.45, 7) is 0.571. The average molecular weight is 306 g/mol. The van der Waals surface area contributed by atoms with Crippen LogP contribution in [0, 0.1) is 0 Å². The first kappa shape index (κ1) is 13.4. The number of hydrogen-bond acceptors (Lipinski definition) is 3. The molecule has 22 heavy (non-hydrogen) atoms. The number of fused-ring (bicyclic) bond motifs is 1. The molecule has 0 bridgehead atoms. The molecule has 1 fully saturated rings. The molecule has 0 radical (unpaired) electrons. The maximum absolute atomic E-state index is 13.1. The lowest BCUT2D eigenvalue weighted by atomic mass is 9.99. The number of aliphatic imine (C=N–C) groups is 1. The topological polar surface area (TPSA) is 44.3 Å². The standard InChI is InChI=1S/C15H13F3N4/c16-15(17,18)10-3-12(13-6-20-21-14(13)4-10)9-5-19-8-22(7-9)11-1-2-11/h3-7,11H,1-2,8H2,(H,20,21). The number of H-pyrrole nitrogens is 1. The second-order valence-corrected chi connectivity index (χ2v) is 5.64. The van der Waals surface area contributed by atoms with Crippen molar-refractivity contribution in [3.05, 3.63) is 35.7 Å². The van der Waals surface area contributed by atoms with Gasteiger partial charge in [-0.25, -0.2) is 0 Å². The molecule has 114 valence electrons. The van der Waals surface area contributed by atoms with Crippen LogP contribution in [0.15, 0.2) is 29.5 Å². The van der Waals surface area contributed by atoms with Gasteiger partial charge >= 0.3 is 6.18 Å². The van der Waals surface area contributed by atoms with Crippen molar-refractivity contribution in [1.29, 1.82) is 0 Å². The van der Waals surface area contributed by atoms with Crippen LogP contribution >= 0.6 is 0 Å². The molecular formula is C15H13F3N4. The van der Waals surface area contributed by atoms with Crippen LogP contribution < -0.4 is 0 Å². The Kier molecular flexibility index (Phi) is 2.79. The highest BCUT2D eigenvalue weighted by atomic mass is 19.4. The fourth-order valence-electron chi connectivity index (χ4n) is 2.71. The summed E-state index contributed by atoms with van der Waals surface area (Å²) in [5.41, 5.74) is 0.892. The average Bonchev–Trinajstić information content (AvgIpc) is 3.23. The predicted molar refractivity (Wildman–Crippen MR) is 77.3 cm³/mol. The highest BCUT2D eigenvalue weighted by Gasteiger charge is 2.33. The van der Waals surface area contributed by atoms with Gasteiger partial charge in [-0.2, -0.15) is 18.3 Å². The van der Waals surface area contributed by atoms with Crippen LogP contribution in [0.5, 0.6) is 0 Å². The lowest BCUT2D eigenvalue weighted by molar-refractivity contribution is -0.137. The van der Waals surface area contributed by atoms with Gasteiger partial charge in [0.05, 0.1) is 17.3 Å². The minimum atomic E-state index is -4.39. The van der Waals surface area contributed by atoms with E-state index < -0.39 is 11.7 Å². The molecule has 1 aliphatic carbocycles. The number of hydrogen-bond donors (Lipinski definition) is 1. The van der Waals surface area contributed by atoms with E-state index in [1.165, 1.54) is 6.07 Å². The fraction of sp³-hybridized carbons (Fsp3) is 0.333. The van der Waals surface area contributed by atoms with Crippen LogP contribution in [-0.4, -0.2) is 34.0 Å². The number of benzene rings is 1. The van der Waals surface area contributed by atoms with E-state index in [9.17, 15) is 13.2 Å². The first-order valence-electron chi connectivity index (χ1n) is 7.04. The van der Waals surface area contributed by atoms with E-state index >= 15 is 0 Å². The zero-order valence-electron chi connectivity index (χ0n) is 11.6. The molecule has 4 nitrogen and oxygen atoms in total. The van der Waals surface area contributed by atoms with Crippen molar-refractivity contribution in [1.82, 2.24) is 15.1 Å². The van der Waals surface area contributed by atoms with Gasteiger partial charge in [-0.1, -0.05) is 0 Å². The summed E-state index contributed by atoms with van der Waals surface area (Å²) in [7, 11) is 0. The number of halogens is 3. The van der Waals surface area contributed by atoms with Crippen LogP contribution in [0.2, 0.25) is 0 Å². The van der Waals surface area contributed by atoms with Gasteiger partial charge in [0.15, 0.2) is 0 Å². The highest BCUT2D eigenvalue weighted by Crippen LogP contribution is 2.36. The number of alkyl halides is 3. The number of nitrogens with zero attached hydrogens (tertiary/aromatic N) is 3. The van der Waals surface area contributed by atoms with Crippen LogP contribution in [-0.2, 0) is 6.18 Å². The van der Waals surface area contributed by atoms with Crippen LogP contribution in [0.1, 0.15) is 24.0 Å². The molecule has 0 unspecified atom stereocenters. The van der Waals surface area contributed by atoms with Crippen molar-refractivity contribution in [3.8, 4) is 0 Å². The Labute approximate surface area is 124 Å². The fourth-order valence-corrected chi connectivity index (χ4v) is 2.71. The van der Waals surface area contributed by atoms with E-state index in [0.29, 0.717) is 34.8 Å². The van der Waals surface area contributed by atoms with E-state index in [0.717, 1.165) is 18.9 Å². The Hall–Kier alpha value is -2.31. The van der Waals surface area contributed by atoms with Crippen LogP contribution in [0.3, 0.4) is 0 Å². The number of aromatic nitrogens is 2. The highest BCUT2D eigenvalue weighted by molar-refractivity contribution is 6.14. The van der Waals surface area contributed by atoms with E-state index in [-0.39, 0.29) is 0 Å². The molecule has 2 aromatic rings. The largest absolute Gasteiger partial charge is 0.416 e. The van der Waals surface area contributed by atoms with Crippen molar-refractivity contribution in [2.24, 2.45) is 4.99 Å². The smallest absolute Gasteiger partial charge is 0.355 e. The maximum atomic E-state index is 13.1. The molecule has 4 rings (SSSR count). The Balaban J connectivity index is 1.86. The molecule has 1 saturated carbocycles. The van der Waals surface area contributed by atoms with Crippen molar-refractivity contribution >= 4 is 22.7 Å². The predicted octanol–water partition coefficient (Wildman–Crippen LogP) is 3.43. The van der Waals surface area contributed by atoms with Crippen molar-refractivity contribution in [3.63, 3.8) is 0 Å². The van der Waals surface area contributed by atoms with Gasteiger partial charge in [-0.05, 0) is 30.5 Å². The molecular weight excluding hydrogens is 293 g/mol. The van der Waals surface area contributed by atoms with Gasteiger partial charge in [0.25, 0.3) is 0 Å². The van der Waals surface area contributed by atoms with Crippen LogP contribution in [0.25, 0.3) is 16.5 Å². The van der Waals surface area contributed by atoms with E-state index in [1.807, 2.05) is 6.20 Å². The van der Waals surface area contributed by atoms with E-state index in [1.54, 1.807) is 12.4 Å².